The van der Waals surface area contributed by atoms with Crippen LogP contribution >= 0.6 is 35.3 Å². The van der Waals surface area contributed by atoms with Gasteiger partial charge in [0.15, 0.2) is 0 Å². The Balaban J connectivity index is 0.00000144. The van der Waals surface area contributed by atoms with Gasteiger partial charge in [0.1, 0.15) is 0 Å². The third kappa shape index (κ3) is 4.20. The van der Waals surface area contributed by atoms with E-state index in [1.165, 1.54) is 4.88 Å². The van der Waals surface area contributed by atoms with E-state index in [1.54, 1.807) is 22.2 Å². The Hall–Kier alpha value is -0.750. The van der Waals surface area contributed by atoms with Crippen molar-refractivity contribution in [2.24, 2.45) is 0 Å². The summed E-state index contributed by atoms with van der Waals surface area (Å²) < 4.78 is 2.50. The molecule has 0 aliphatic rings. The molecule has 0 aliphatic heterocycles. The topological polar surface area (TPSA) is 50.1 Å². The van der Waals surface area contributed by atoms with Crippen LogP contribution in [0.2, 0.25) is 4.34 Å². The molecule has 0 fully saturated rings. The summed E-state index contributed by atoms with van der Waals surface area (Å²) in [4.78, 5) is 1.18. The molecule has 2 N–H and O–H groups in total. The van der Waals surface area contributed by atoms with Gasteiger partial charge >= 0.3 is 0 Å². The van der Waals surface area contributed by atoms with Gasteiger partial charge in [-0.2, -0.15) is 5.10 Å². The molecule has 0 aliphatic carbocycles. The van der Waals surface area contributed by atoms with Gasteiger partial charge in [-0.25, -0.2) is 0 Å². The number of halogens is 2. The van der Waals surface area contributed by atoms with E-state index in [1.807, 2.05) is 18.3 Å². The molecule has 0 bridgehead atoms. The molecule has 0 unspecified atom stereocenters. The monoisotopic (exact) mass is 293 g/mol. The van der Waals surface area contributed by atoms with Crippen molar-refractivity contribution in [3.05, 3.63) is 33.7 Å². The number of rotatable bonds is 5. The van der Waals surface area contributed by atoms with E-state index < -0.39 is 0 Å². The highest BCUT2D eigenvalue weighted by atomic mass is 35.5. The first-order chi connectivity index (χ1) is 7.78. The molecule has 0 spiro atoms. The number of hydrogen-bond donors (Lipinski definition) is 2. The lowest BCUT2D eigenvalue weighted by atomic mass is 10.4. The van der Waals surface area contributed by atoms with Crippen LogP contribution in [0, 0.1) is 0 Å². The Morgan fingerprint density at radius 1 is 1.47 bits per heavy atom. The summed E-state index contributed by atoms with van der Waals surface area (Å²) in [6.45, 7) is 1.36. The number of anilines is 1. The second kappa shape index (κ2) is 6.86. The molecule has 4 nitrogen and oxygen atoms in total. The molecule has 0 atom stereocenters. The van der Waals surface area contributed by atoms with Crippen molar-refractivity contribution in [3.63, 3.8) is 0 Å². The molecule has 2 heterocycles. The summed E-state index contributed by atoms with van der Waals surface area (Å²) in [5.74, 6) is 0. The molecular weight excluding hydrogens is 281 g/mol. The van der Waals surface area contributed by atoms with Gasteiger partial charge in [0.05, 0.1) is 29.4 Å². The fourth-order valence-corrected chi connectivity index (χ4v) is 2.34. The third-order valence-electron chi connectivity index (χ3n) is 2.06. The van der Waals surface area contributed by atoms with Crippen LogP contribution in [0.15, 0.2) is 24.5 Å². The van der Waals surface area contributed by atoms with Crippen LogP contribution in [0.25, 0.3) is 0 Å². The normalized spacial score (nSPS) is 10.0. The summed E-state index contributed by atoms with van der Waals surface area (Å²) >= 11 is 7.39. The van der Waals surface area contributed by atoms with E-state index in [0.717, 1.165) is 16.6 Å². The molecule has 0 aromatic carbocycles. The number of aliphatic hydroxyl groups excluding tert-OH is 1. The lowest BCUT2D eigenvalue weighted by Crippen LogP contribution is -2.01. The lowest BCUT2D eigenvalue weighted by Gasteiger charge is -2.00. The molecular formula is C10H13Cl2N3OS. The molecule has 17 heavy (non-hydrogen) atoms. The number of aromatic nitrogens is 2. The summed E-state index contributed by atoms with van der Waals surface area (Å²) in [7, 11) is 0. The smallest absolute Gasteiger partial charge is 0.0931 e. The second-order valence-electron chi connectivity index (χ2n) is 3.28. The van der Waals surface area contributed by atoms with Gasteiger partial charge in [-0.3, -0.25) is 4.68 Å². The van der Waals surface area contributed by atoms with Crippen LogP contribution in [-0.2, 0) is 13.1 Å². The van der Waals surface area contributed by atoms with Crippen LogP contribution in [0.1, 0.15) is 4.88 Å². The van der Waals surface area contributed by atoms with Crippen molar-refractivity contribution >= 4 is 41.0 Å². The van der Waals surface area contributed by atoms with Gasteiger partial charge in [-0.1, -0.05) is 11.6 Å². The highest BCUT2D eigenvalue weighted by Crippen LogP contribution is 2.22. The van der Waals surface area contributed by atoms with Crippen molar-refractivity contribution < 1.29 is 5.11 Å². The Morgan fingerprint density at radius 2 is 2.29 bits per heavy atom. The van der Waals surface area contributed by atoms with Gasteiger partial charge in [-0.05, 0) is 12.1 Å². The van der Waals surface area contributed by atoms with E-state index in [4.69, 9.17) is 16.7 Å². The standard InChI is InChI=1S/C10H12ClN3OS.ClH/c11-10-2-1-9(16-10)6-12-8-5-13-14(7-8)3-4-15;/h1-2,5,7,12,15H,3-4,6H2;1H. The summed E-state index contributed by atoms with van der Waals surface area (Å²) in [5, 5.41) is 16.1. The first kappa shape index (κ1) is 14.3. The van der Waals surface area contributed by atoms with Gasteiger partial charge in [0.2, 0.25) is 0 Å². The van der Waals surface area contributed by atoms with E-state index in [2.05, 4.69) is 10.4 Å². The van der Waals surface area contributed by atoms with Gasteiger partial charge in [-0.15, -0.1) is 23.7 Å². The SMILES string of the molecule is Cl.OCCn1cc(NCc2ccc(Cl)s2)cn1. The Labute approximate surface area is 115 Å². The van der Waals surface area contributed by atoms with Gasteiger partial charge in [0, 0.05) is 17.6 Å². The van der Waals surface area contributed by atoms with Gasteiger partial charge in [0.25, 0.3) is 0 Å². The Morgan fingerprint density at radius 3 is 2.94 bits per heavy atom. The van der Waals surface area contributed by atoms with Crippen LogP contribution < -0.4 is 5.32 Å². The summed E-state index contributed by atoms with van der Waals surface area (Å²) in [5.41, 5.74) is 0.943. The molecule has 2 rings (SSSR count). The minimum atomic E-state index is 0. The van der Waals surface area contributed by atoms with Crippen LogP contribution in [0.4, 0.5) is 5.69 Å². The van der Waals surface area contributed by atoms with Crippen molar-refractivity contribution in [1.82, 2.24) is 9.78 Å². The number of hydrogen-bond acceptors (Lipinski definition) is 4. The van der Waals surface area contributed by atoms with E-state index in [-0.39, 0.29) is 19.0 Å². The van der Waals surface area contributed by atoms with E-state index in [0.29, 0.717) is 6.54 Å². The average molecular weight is 294 g/mol. The minimum Gasteiger partial charge on any atom is -0.394 e. The molecule has 2 aromatic rings. The summed E-state index contributed by atoms with van der Waals surface area (Å²) in [6.07, 6.45) is 3.61. The molecule has 7 heteroatoms. The predicted molar refractivity (Wildman–Crippen MR) is 73.2 cm³/mol. The van der Waals surface area contributed by atoms with E-state index >= 15 is 0 Å². The molecule has 94 valence electrons. The second-order valence-corrected chi connectivity index (χ2v) is 5.07. The number of thiophene rings is 1. The molecule has 2 aromatic heterocycles. The van der Waals surface area contributed by atoms with Crippen molar-refractivity contribution in [3.8, 4) is 0 Å². The highest BCUT2D eigenvalue weighted by Gasteiger charge is 2.00. The number of nitrogens with zero attached hydrogens (tertiary/aromatic N) is 2. The quantitative estimate of drug-likeness (QED) is 0.891. The van der Waals surface area contributed by atoms with Crippen molar-refractivity contribution in [2.45, 2.75) is 13.1 Å². The Kier molecular flexibility index (Phi) is 5.77. The largest absolute Gasteiger partial charge is 0.394 e. The number of nitrogens with one attached hydrogen (secondary N) is 1. The molecule has 0 amide bonds. The number of aliphatic hydroxyl groups is 1. The lowest BCUT2D eigenvalue weighted by molar-refractivity contribution is 0.269. The third-order valence-corrected chi connectivity index (χ3v) is 3.29. The minimum absolute atomic E-state index is 0. The highest BCUT2D eigenvalue weighted by molar-refractivity contribution is 7.16. The van der Waals surface area contributed by atoms with Crippen LogP contribution in [-0.4, -0.2) is 21.5 Å². The maximum Gasteiger partial charge on any atom is 0.0931 e. The fourth-order valence-electron chi connectivity index (χ4n) is 1.32. The van der Waals surface area contributed by atoms with Crippen LogP contribution in [0.5, 0.6) is 0 Å². The fraction of sp³-hybridized carbons (Fsp3) is 0.300. The maximum absolute atomic E-state index is 8.75. The van der Waals surface area contributed by atoms with Crippen molar-refractivity contribution in [1.29, 1.82) is 0 Å². The zero-order chi connectivity index (χ0) is 11.4. The molecule has 0 radical (unpaired) electrons. The Bertz CT molecular complexity index is 458. The molecule has 0 saturated carbocycles. The zero-order valence-electron chi connectivity index (χ0n) is 8.97. The average Bonchev–Trinajstić information content (AvgIpc) is 2.85. The maximum atomic E-state index is 8.75. The first-order valence-electron chi connectivity index (χ1n) is 4.89. The predicted octanol–water partition coefficient (Wildman–Crippen LogP) is 2.62. The van der Waals surface area contributed by atoms with Crippen LogP contribution in [0.3, 0.4) is 0 Å². The first-order valence-corrected chi connectivity index (χ1v) is 6.09. The van der Waals surface area contributed by atoms with Gasteiger partial charge < -0.3 is 10.4 Å². The van der Waals surface area contributed by atoms with Crippen molar-refractivity contribution in [2.75, 3.05) is 11.9 Å². The zero-order valence-corrected chi connectivity index (χ0v) is 11.4. The molecule has 0 saturated heterocycles. The van der Waals surface area contributed by atoms with E-state index in [9.17, 15) is 0 Å². The summed E-state index contributed by atoms with van der Waals surface area (Å²) in [6, 6.07) is 3.89.